The maximum absolute atomic E-state index is 13.2. The van der Waals surface area contributed by atoms with Gasteiger partial charge in [0.2, 0.25) is 11.8 Å². The number of para-hydroxylation sites is 1. The summed E-state index contributed by atoms with van der Waals surface area (Å²) in [6.45, 7) is 1.02. The van der Waals surface area contributed by atoms with E-state index in [-0.39, 0.29) is 11.8 Å². The van der Waals surface area contributed by atoms with Crippen molar-refractivity contribution < 1.29 is 9.59 Å². The second kappa shape index (κ2) is 8.74. The summed E-state index contributed by atoms with van der Waals surface area (Å²) >= 11 is 0. The van der Waals surface area contributed by atoms with E-state index in [1.807, 2.05) is 60.7 Å². The number of likely N-dealkylation sites (tertiary alicyclic amines) is 1. The van der Waals surface area contributed by atoms with Crippen molar-refractivity contribution in [2.45, 2.75) is 19.3 Å². The molecule has 1 aliphatic heterocycles. The fourth-order valence-electron chi connectivity index (χ4n) is 3.65. The summed E-state index contributed by atoms with van der Waals surface area (Å²) in [6.07, 6.45) is 1.72. The summed E-state index contributed by atoms with van der Waals surface area (Å²) in [5.74, 6) is 0.106. The number of rotatable bonds is 6. The largest absolute Gasteiger partial charge is 0.324 e. The number of benzene rings is 3. The highest BCUT2D eigenvalue weighted by Crippen LogP contribution is 2.21. The van der Waals surface area contributed by atoms with E-state index in [1.165, 1.54) is 0 Å². The average Bonchev–Trinajstić information content (AvgIpc) is 3.18. The molecule has 4 heteroatoms. The third-order valence-corrected chi connectivity index (χ3v) is 5.27. The van der Waals surface area contributed by atoms with E-state index in [1.54, 1.807) is 9.80 Å². The first-order chi connectivity index (χ1) is 14.2. The average molecular weight is 384 g/mol. The Hall–Kier alpha value is -3.40. The topological polar surface area (TPSA) is 40.6 Å². The Morgan fingerprint density at radius 2 is 1.45 bits per heavy atom. The molecule has 1 saturated heterocycles. The molecule has 0 atom stereocenters. The smallest absolute Gasteiger partial charge is 0.232 e. The van der Waals surface area contributed by atoms with Crippen LogP contribution in [0.1, 0.15) is 18.4 Å². The van der Waals surface area contributed by atoms with Crippen molar-refractivity contribution >= 4 is 17.5 Å². The molecule has 0 aromatic heterocycles. The highest BCUT2D eigenvalue weighted by molar-refractivity contribution is 5.95. The van der Waals surface area contributed by atoms with Crippen LogP contribution < -0.4 is 4.90 Å². The minimum Gasteiger partial charge on any atom is -0.324 e. The van der Waals surface area contributed by atoms with Crippen molar-refractivity contribution in [2.75, 3.05) is 18.1 Å². The third kappa shape index (κ3) is 4.54. The molecule has 0 aliphatic carbocycles. The van der Waals surface area contributed by atoms with Gasteiger partial charge in [-0.05, 0) is 35.2 Å². The number of amides is 2. The molecule has 3 aromatic carbocycles. The summed E-state index contributed by atoms with van der Waals surface area (Å²) in [5.41, 5.74) is 4.06. The van der Waals surface area contributed by atoms with E-state index in [0.29, 0.717) is 26.1 Å². The Morgan fingerprint density at radius 3 is 2.07 bits per heavy atom. The minimum atomic E-state index is -0.0108. The van der Waals surface area contributed by atoms with E-state index in [0.717, 1.165) is 28.8 Å². The zero-order valence-electron chi connectivity index (χ0n) is 16.3. The van der Waals surface area contributed by atoms with Gasteiger partial charge in [0.05, 0.1) is 6.42 Å². The predicted molar refractivity (Wildman–Crippen MR) is 115 cm³/mol. The van der Waals surface area contributed by atoms with Crippen molar-refractivity contribution in [2.24, 2.45) is 0 Å². The van der Waals surface area contributed by atoms with Gasteiger partial charge in [0, 0.05) is 18.7 Å². The normalized spacial score (nSPS) is 13.5. The lowest BCUT2D eigenvalue weighted by Gasteiger charge is -2.28. The van der Waals surface area contributed by atoms with Gasteiger partial charge in [-0.3, -0.25) is 14.5 Å². The summed E-state index contributed by atoms with van der Waals surface area (Å²) in [4.78, 5) is 28.7. The molecular formula is C25H24N2O2. The zero-order valence-corrected chi connectivity index (χ0v) is 16.3. The van der Waals surface area contributed by atoms with Crippen LogP contribution in [0.5, 0.6) is 0 Å². The molecule has 1 heterocycles. The van der Waals surface area contributed by atoms with Gasteiger partial charge in [-0.25, -0.2) is 0 Å². The maximum Gasteiger partial charge on any atom is 0.232 e. The van der Waals surface area contributed by atoms with Crippen molar-refractivity contribution in [3.05, 3.63) is 90.5 Å². The summed E-state index contributed by atoms with van der Waals surface area (Å²) in [5, 5.41) is 0. The molecule has 0 radical (unpaired) electrons. The quantitative estimate of drug-likeness (QED) is 0.627. The molecule has 4 nitrogen and oxygen atoms in total. The molecule has 4 rings (SSSR count). The molecule has 0 unspecified atom stereocenters. The van der Waals surface area contributed by atoms with E-state index in [4.69, 9.17) is 0 Å². The number of hydrogen-bond donors (Lipinski definition) is 0. The molecule has 29 heavy (non-hydrogen) atoms. The number of carbonyl (C=O) groups excluding carboxylic acids is 2. The van der Waals surface area contributed by atoms with E-state index < -0.39 is 0 Å². The van der Waals surface area contributed by atoms with Crippen LogP contribution in [0.4, 0.5) is 5.69 Å². The third-order valence-electron chi connectivity index (χ3n) is 5.27. The predicted octanol–water partition coefficient (Wildman–Crippen LogP) is 4.51. The first-order valence-corrected chi connectivity index (χ1v) is 9.98. The van der Waals surface area contributed by atoms with Crippen molar-refractivity contribution in [3.63, 3.8) is 0 Å². The number of nitrogens with zero attached hydrogens (tertiary/aromatic N) is 2. The first-order valence-electron chi connectivity index (χ1n) is 9.98. The van der Waals surface area contributed by atoms with Crippen LogP contribution in [0.2, 0.25) is 0 Å². The van der Waals surface area contributed by atoms with Gasteiger partial charge in [0.1, 0.15) is 6.67 Å². The number of carbonyl (C=O) groups is 2. The highest BCUT2D eigenvalue weighted by Gasteiger charge is 2.25. The summed E-state index contributed by atoms with van der Waals surface area (Å²) < 4.78 is 0. The minimum absolute atomic E-state index is 0.0108. The SMILES string of the molecule is O=C1CCCN1CN(C(=O)Cc1ccc(-c2ccccc2)cc1)c1ccccc1. The summed E-state index contributed by atoms with van der Waals surface area (Å²) in [7, 11) is 0. The fraction of sp³-hybridized carbons (Fsp3) is 0.200. The van der Waals surface area contributed by atoms with Crippen LogP contribution in [0.25, 0.3) is 11.1 Å². The van der Waals surface area contributed by atoms with Gasteiger partial charge in [-0.2, -0.15) is 0 Å². The summed E-state index contributed by atoms with van der Waals surface area (Å²) in [6, 6.07) is 27.9. The van der Waals surface area contributed by atoms with Crippen molar-refractivity contribution in [1.29, 1.82) is 0 Å². The van der Waals surface area contributed by atoms with Gasteiger partial charge in [-0.15, -0.1) is 0 Å². The van der Waals surface area contributed by atoms with Crippen LogP contribution in [-0.2, 0) is 16.0 Å². The van der Waals surface area contributed by atoms with Crippen LogP contribution in [0.3, 0.4) is 0 Å². The van der Waals surface area contributed by atoms with Crippen molar-refractivity contribution in [3.8, 4) is 11.1 Å². The monoisotopic (exact) mass is 384 g/mol. The fourth-order valence-corrected chi connectivity index (χ4v) is 3.65. The molecule has 1 fully saturated rings. The first kappa shape index (κ1) is 18.9. The van der Waals surface area contributed by atoms with Gasteiger partial charge in [-0.1, -0.05) is 72.8 Å². The Morgan fingerprint density at radius 1 is 0.828 bits per heavy atom. The number of hydrogen-bond acceptors (Lipinski definition) is 2. The highest BCUT2D eigenvalue weighted by atomic mass is 16.2. The Labute approximate surface area is 171 Å². The van der Waals surface area contributed by atoms with Gasteiger partial charge >= 0.3 is 0 Å². The lowest BCUT2D eigenvalue weighted by molar-refractivity contribution is -0.128. The molecule has 0 spiro atoms. The number of anilines is 1. The molecule has 0 saturated carbocycles. The van der Waals surface area contributed by atoms with Crippen LogP contribution in [0.15, 0.2) is 84.9 Å². The van der Waals surface area contributed by atoms with Crippen LogP contribution >= 0.6 is 0 Å². The molecule has 3 aromatic rings. The zero-order chi connectivity index (χ0) is 20.1. The second-order valence-corrected chi connectivity index (χ2v) is 7.30. The van der Waals surface area contributed by atoms with E-state index >= 15 is 0 Å². The maximum atomic E-state index is 13.2. The molecule has 2 amide bonds. The van der Waals surface area contributed by atoms with Crippen LogP contribution in [0, 0.1) is 0 Å². The lowest BCUT2D eigenvalue weighted by Crippen LogP contribution is -2.43. The van der Waals surface area contributed by atoms with Crippen molar-refractivity contribution in [1.82, 2.24) is 4.90 Å². The van der Waals surface area contributed by atoms with E-state index in [2.05, 4.69) is 24.3 Å². The standard InChI is InChI=1S/C25H24N2O2/c28-24-12-7-17-26(24)19-27(23-10-5-2-6-11-23)25(29)18-20-13-15-22(16-14-20)21-8-3-1-4-9-21/h1-6,8-11,13-16H,7,12,17-19H2. The lowest BCUT2D eigenvalue weighted by atomic mass is 10.0. The van der Waals surface area contributed by atoms with Gasteiger partial charge < -0.3 is 4.90 Å². The molecule has 146 valence electrons. The molecular weight excluding hydrogens is 360 g/mol. The Kier molecular flexibility index (Phi) is 5.71. The molecule has 0 bridgehead atoms. The Balaban J connectivity index is 1.51. The second-order valence-electron chi connectivity index (χ2n) is 7.30. The van der Waals surface area contributed by atoms with E-state index in [9.17, 15) is 9.59 Å². The molecule has 0 N–H and O–H groups in total. The van der Waals surface area contributed by atoms with Gasteiger partial charge in [0.15, 0.2) is 0 Å². The van der Waals surface area contributed by atoms with Gasteiger partial charge in [0.25, 0.3) is 0 Å². The Bertz CT molecular complexity index is 969. The van der Waals surface area contributed by atoms with Crippen LogP contribution in [-0.4, -0.2) is 29.9 Å². The molecule has 1 aliphatic rings.